The number of pyridine rings is 12. The van der Waals surface area contributed by atoms with Crippen LogP contribution in [0.1, 0.15) is 80.6 Å². The maximum atomic E-state index is 14.7. The van der Waals surface area contributed by atoms with Gasteiger partial charge < -0.3 is 0 Å². The molecule has 732 valence electrons. The van der Waals surface area contributed by atoms with Gasteiger partial charge in [0.1, 0.15) is 5.69 Å². The molecule has 12 heterocycles. The second-order valence-electron chi connectivity index (χ2n) is 36.3. The number of aryl methyl sites for hydroxylation is 9. The minimum atomic E-state index is -4.70. The Hall–Kier alpha value is -17.9. The number of alkyl halides is 9. The van der Waals surface area contributed by atoms with Crippen molar-refractivity contribution >= 4 is 0 Å². The lowest BCUT2D eigenvalue weighted by atomic mass is 9.85. The van der Waals surface area contributed by atoms with Crippen molar-refractivity contribution in [3.05, 3.63) is 468 Å². The van der Waals surface area contributed by atoms with Crippen molar-refractivity contribution in [2.24, 2.45) is 0 Å². The van der Waals surface area contributed by atoms with E-state index in [1.165, 1.54) is 82.0 Å². The van der Waals surface area contributed by atoms with Gasteiger partial charge in [-0.05, 0) is 342 Å². The average molecular weight is 1970 g/mol. The van der Waals surface area contributed by atoms with Gasteiger partial charge in [-0.15, -0.1) is 0 Å². The minimum absolute atomic E-state index is 0.0393. The number of nitrogens with zero attached hydrogens (tertiary/aromatic N) is 12. The van der Waals surface area contributed by atoms with Crippen molar-refractivity contribution < 1.29 is 39.5 Å². The van der Waals surface area contributed by atoms with Gasteiger partial charge in [0.2, 0.25) is 0 Å². The van der Waals surface area contributed by atoms with Crippen LogP contribution < -0.4 is 0 Å². The van der Waals surface area contributed by atoms with Crippen LogP contribution in [-0.2, 0) is 31.4 Å². The fraction of sp³-hybridized carbons (Fsp3) is 0.109. The third-order valence-electron chi connectivity index (χ3n) is 26.6. The van der Waals surface area contributed by atoms with E-state index in [0.717, 1.165) is 138 Å². The van der Waals surface area contributed by atoms with E-state index in [9.17, 15) is 39.5 Å². The van der Waals surface area contributed by atoms with E-state index in [2.05, 4.69) is 162 Å². The molecule has 21 rings (SSSR count). The molecular formula is C128H97F9N12. The molecule has 0 fully saturated rings. The molecule has 0 aliphatic rings. The largest absolute Gasteiger partial charge is 0.418 e. The van der Waals surface area contributed by atoms with E-state index < -0.39 is 35.2 Å². The van der Waals surface area contributed by atoms with Crippen LogP contribution in [0.4, 0.5) is 39.5 Å². The lowest BCUT2D eigenvalue weighted by Gasteiger charge is -2.21. The van der Waals surface area contributed by atoms with Crippen molar-refractivity contribution in [1.29, 1.82) is 0 Å². The van der Waals surface area contributed by atoms with Crippen LogP contribution >= 0.6 is 0 Å². The first kappa shape index (κ1) is 99.9. The fourth-order valence-corrected chi connectivity index (χ4v) is 19.1. The molecule has 0 saturated carbocycles. The van der Waals surface area contributed by atoms with Crippen LogP contribution in [-0.4, -0.2) is 59.8 Å². The molecule has 0 aliphatic carbocycles. The summed E-state index contributed by atoms with van der Waals surface area (Å²) in [7, 11) is 0. The highest BCUT2D eigenvalue weighted by molar-refractivity contribution is 6.00. The minimum Gasteiger partial charge on any atom is -0.254 e. The summed E-state index contributed by atoms with van der Waals surface area (Å²) in [6.07, 6.45) is -2.16. The third-order valence-corrected chi connectivity index (χ3v) is 26.6. The van der Waals surface area contributed by atoms with Crippen LogP contribution in [0.3, 0.4) is 0 Å². The second kappa shape index (κ2) is 43.2. The number of rotatable bonds is 20. The van der Waals surface area contributed by atoms with Crippen molar-refractivity contribution in [1.82, 2.24) is 59.8 Å². The number of aromatic nitrogens is 12. The summed E-state index contributed by atoms with van der Waals surface area (Å²) in [6.45, 7) is 18.4. The predicted molar refractivity (Wildman–Crippen MR) is 578 cm³/mol. The van der Waals surface area contributed by atoms with Crippen molar-refractivity contribution in [2.75, 3.05) is 0 Å². The lowest BCUT2D eigenvalue weighted by Crippen LogP contribution is -2.09. The zero-order valence-corrected chi connectivity index (χ0v) is 82.8. The molecule has 0 N–H and O–H groups in total. The number of benzene rings is 9. The summed E-state index contributed by atoms with van der Waals surface area (Å²) in [5.41, 5.74) is 30.1. The van der Waals surface area contributed by atoms with Crippen molar-refractivity contribution in [3.8, 4) is 203 Å². The van der Waals surface area contributed by atoms with Gasteiger partial charge in [-0.25, -0.2) is 29.9 Å². The van der Waals surface area contributed by atoms with E-state index in [4.69, 9.17) is 34.9 Å². The van der Waals surface area contributed by atoms with Crippen LogP contribution in [0.2, 0.25) is 0 Å². The Morgan fingerprint density at radius 1 is 0.161 bits per heavy atom. The summed E-state index contributed by atoms with van der Waals surface area (Å²) in [6, 6.07) is 111. The molecule has 0 radical (unpaired) electrons. The van der Waals surface area contributed by atoms with E-state index in [1.54, 1.807) is 67.1 Å². The highest BCUT2D eigenvalue weighted by Crippen LogP contribution is 2.52. The Balaban J connectivity index is 0.000000140. The topological polar surface area (TPSA) is 155 Å². The van der Waals surface area contributed by atoms with Gasteiger partial charge in [0.05, 0.1) is 113 Å². The van der Waals surface area contributed by atoms with Gasteiger partial charge in [0, 0.05) is 70.6 Å². The molecule has 0 bridgehead atoms. The van der Waals surface area contributed by atoms with Crippen molar-refractivity contribution in [2.45, 2.75) is 93.7 Å². The first-order valence-electron chi connectivity index (χ1n) is 48.8. The van der Waals surface area contributed by atoms with E-state index in [1.807, 2.05) is 193 Å². The summed E-state index contributed by atoms with van der Waals surface area (Å²) < 4.78 is 130. The van der Waals surface area contributed by atoms with Gasteiger partial charge in [0.15, 0.2) is 0 Å². The normalized spacial score (nSPS) is 11.5. The van der Waals surface area contributed by atoms with Crippen LogP contribution in [0.15, 0.2) is 401 Å². The van der Waals surface area contributed by atoms with Gasteiger partial charge in [-0.2, -0.15) is 39.5 Å². The molecule has 21 aromatic rings. The highest BCUT2D eigenvalue weighted by Gasteiger charge is 2.39. The van der Waals surface area contributed by atoms with Gasteiger partial charge in [-0.3, -0.25) is 29.9 Å². The lowest BCUT2D eigenvalue weighted by molar-refractivity contribution is -0.138. The van der Waals surface area contributed by atoms with Crippen LogP contribution in [0, 0.1) is 48.5 Å². The maximum Gasteiger partial charge on any atom is 0.418 e. The van der Waals surface area contributed by atoms with E-state index in [-0.39, 0.29) is 33.8 Å². The molecule has 12 nitrogen and oxygen atoms in total. The summed E-state index contributed by atoms with van der Waals surface area (Å²) in [5.74, 6) is 0. The molecule has 0 unspecified atom stereocenters. The molecule has 0 amide bonds. The molecule has 0 atom stereocenters. The quantitative estimate of drug-likeness (QED) is 0.0667. The Kier molecular flexibility index (Phi) is 29.0. The molecule has 9 aromatic carbocycles. The van der Waals surface area contributed by atoms with E-state index in [0.29, 0.717) is 78.9 Å². The molecular weight excluding hydrogens is 1880 g/mol. The van der Waals surface area contributed by atoms with Crippen molar-refractivity contribution in [3.63, 3.8) is 0 Å². The standard InChI is InChI=1S/C44H38N4.C42H28F6N4.C42H31F3N4/c1-5-31-17-13-25-45-43(31)41-23-11-21-39(47-41)37-27-36(34-20-10-8-16-30(34)4)38(28-35(37)33-19-9-7-15-29(33)3)40-22-12-24-42(48-40)44-32(6-2)18-14-26-46-44;1-25-11-3-4-13-27(25)29-23-32(36-17-7-19-37(51-36)39-26(2)12-9-21-49-39)30(28-14-5-6-15-33(28)41(43,44)45)24-31(29)35-18-8-20-38(52-35)40-34(42(46,47)48)16-10-22-50-40;1-26-12-4-5-15-29(26)31-24-34(37-19-9-21-39(49-37)41-28(3)14-11-23-47-41)32(30-16-6-7-17-35(30)42(43,44)45)25-33(31)36-18-8-20-38(48-36)40-27(2)13-10-22-46-40/h7-28H,5-6H2,1-4H3;3-24H,1-2H3;4-25H,1-3H3. The number of halogens is 9. The Morgan fingerprint density at radius 3 is 0.597 bits per heavy atom. The summed E-state index contributed by atoms with van der Waals surface area (Å²) >= 11 is 0. The van der Waals surface area contributed by atoms with Crippen LogP contribution in [0.25, 0.3) is 203 Å². The summed E-state index contributed by atoms with van der Waals surface area (Å²) in [4.78, 5) is 57.4. The zero-order chi connectivity index (χ0) is 104. The predicted octanol–water partition coefficient (Wildman–Crippen LogP) is 34.1. The molecule has 149 heavy (non-hydrogen) atoms. The molecule has 0 aliphatic heterocycles. The highest BCUT2D eigenvalue weighted by atomic mass is 19.4. The Labute approximate surface area is 858 Å². The van der Waals surface area contributed by atoms with Gasteiger partial charge >= 0.3 is 18.5 Å². The molecule has 0 spiro atoms. The fourth-order valence-electron chi connectivity index (χ4n) is 19.1. The van der Waals surface area contributed by atoms with Gasteiger partial charge in [-0.1, -0.05) is 214 Å². The maximum absolute atomic E-state index is 14.7. The number of hydrogen-bond donors (Lipinski definition) is 0. The zero-order valence-electron chi connectivity index (χ0n) is 82.8. The molecule has 0 saturated heterocycles. The second-order valence-corrected chi connectivity index (χ2v) is 36.3. The first-order valence-corrected chi connectivity index (χ1v) is 48.8. The average Bonchev–Trinajstić information content (AvgIpc) is 0.753. The molecule has 21 heteroatoms. The van der Waals surface area contributed by atoms with E-state index >= 15 is 0 Å². The smallest absolute Gasteiger partial charge is 0.254 e. The summed E-state index contributed by atoms with van der Waals surface area (Å²) in [5, 5.41) is 0. The Morgan fingerprint density at radius 2 is 0.349 bits per heavy atom. The van der Waals surface area contributed by atoms with Gasteiger partial charge in [0.25, 0.3) is 0 Å². The monoisotopic (exact) mass is 1970 g/mol. The molecule has 12 aromatic heterocycles. The SMILES string of the molecule is CCc1cccnc1-c1cccc(-c2cc(-c3ccccc3C)c(-c3cccc(-c4ncccc4CC)n3)cc2-c2ccccc2C)n1.Cc1ccccc1-c1cc(-c2cccc(-c3ncccc3C)n2)c(-c2ccccc2C(F)(F)F)cc1-c1cccc(-c2ncccc2C(F)(F)F)n1.Cc1ccccc1-c1cc(-c2cccc(-c3ncccc3C)n2)c(-c2ccccc2C(F)(F)F)cc1-c1cccc(-c2ncccc2C)n1. The Bertz CT molecular complexity index is 8430. The van der Waals surface area contributed by atoms with Crippen LogP contribution in [0.5, 0.6) is 0 Å². The third kappa shape index (κ3) is 21.4. The number of hydrogen-bond acceptors (Lipinski definition) is 12. The first-order chi connectivity index (χ1) is 72.1.